The van der Waals surface area contributed by atoms with Crippen molar-refractivity contribution in [2.75, 3.05) is 0 Å². The molecule has 142 valence electrons. The zero-order chi connectivity index (χ0) is 19.3. The Morgan fingerprint density at radius 3 is 2.43 bits per heavy atom. The van der Waals surface area contributed by atoms with Gasteiger partial charge in [-0.15, -0.1) is 11.8 Å². The number of halogens is 1. The fourth-order valence-electron chi connectivity index (χ4n) is 3.05. The van der Waals surface area contributed by atoms with Crippen LogP contribution in [0.5, 0.6) is 0 Å². The van der Waals surface area contributed by atoms with Crippen LogP contribution in [0.15, 0.2) is 78.0 Å². The molecular formula is C23H21FN2OS. The van der Waals surface area contributed by atoms with Gasteiger partial charge < -0.3 is 4.90 Å². The van der Waals surface area contributed by atoms with Crippen LogP contribution < -0.4 is 0 Å². The van der Waals surface area contributed by atoms with E-state index in [1.54, 1.807) is 30.1 Å². The minimum atomic E-state index is -0.257. The maximum absolute atomic E-state index is 13.1. The van der Waals surface area contributed by atoms with Gasteiger partial charge in [0.25, 0.3) is 5.91 Å². The third-order valence-corrected chi connectivity index (χ3v) is 5.83. The highest BCUT2D eigenvalue weighted by molar-refractivity contribution is 7.98. The van der Waals surface area contributed by atoms with E-state index in [9.17, 15) is 9.18 Å². The Kier molecular flexibility index (Phi) is 5.72. The van der Waals surface area contributed by atoms with Crippen LogP contribution in [0, 0.1) is 5.82 Å². The number of aromatic nitrogens is 1. The molecule has 3 nitrogen and oxygen atoms in total. The summed E-state index contributed by atoms with van der Waals surface area (Å²) < 4.78 is 13.1. The van der Waals surface area contributed by atoms with Crippen LogP contribution in [0.1, 0.15) is 34.3 Å². The fraction of sp³-hybridized carbons (Fsp3) is 0.217. The summed E-state index contributed by atoms with van der Waals surface area (Å²) in [5.74, 6) is 0.628. The van der Waals surface area contributed by atoms with Crippen LogP contribution in [0.4, 0.5) is 4.39 Å². The summed E-state index contributed by atoms with van der Waals surface area (Å²) >= 11 is 1.72. The lowest BCUT2D eigenvalue weighted by molar-refractivity contribution is 0.0730. The first kappa shape index (κ1) is 18.7. The second kappa shape index (κ2) is 8.57. The SMILES string of the molecule is O=C(c1ccc(SCc2cccnc2)cc1)N(Cc1ccc(F)cc1)C1CC1. The summed E-state index contributed by atoms with van der Waals surface area (Å²) in [4.78, 5) is 20.2. The molecule has 3 aromatic rings. The summed E-state index contributed by atoms with van der Waals surface area (Å²) in [6.07, 6.45) is 5.71. The molecule has 28 heavy (non-hydrogen) atoms. The highest BCUT2D eigenvalue weighted by Crippen LogP contribution is 2.30. The van der Waals surface area contributed by atoms with Crippen LogP contribution >= 0.6 is 11.8 Å². The number of hydrogen-bond acceptors (Lipinski definition) is 3. The monoisotopic (exact) mass is 392 g/mol. The molecule has 0 spiro atoms. The Morgan fingerprint density at radius 1 is 1.04 bits per heavy atom. The van der Waals surface area contributed by atoms with Gasteiger partial charge in [-0.3, -0.25) is 9.78 Å². The molecule has 1 amide bonds. The van der Waals surface area contributed by atoms with E-state index in [0.29, 0.717) is 12.1 Å². The van der Waals surface area contributed by atoms with Crippen molar-refractivity contribution < 1.29 is 9.18 Å². The van der Waals surface area contributed by atoms with Gasteiger partial charge in [-0.1, -0.05) is 18.2 Å². The second-order valence-corrected chi connectivity index (χ2v) is 8.01. The topological polar surface area (TPSA) is 33.2 Å². The van der Waals surface area contributed by atoms with Crippen LogP contribution in [-0.4, -0.2) is 21.8 Å². The Bertz CT molecular complexity index is 925. The maximum Gasteiger partial charge on any atom is 0.254 e. The van der Waals surface area contributed by atoms with Crippen molar-refractivity contribution in [2.45, 2.75) is 36.1 Å². The number of rotatable bonds is 7. The third-order valence-electron chi connectivity index (χ3n) is 4.74. The van der Waals surface area contributed by atoms with Gasteiger partial charge in [0, 0.05) is 41.2 Å². The predicted molar refractivity (Wildman–Crippen MR) is 110 cm³/mol. The molecule has 0 saturated heterocycles. The standard InChI is InChI=1S/C23H21FN2OS/c24-20-7-3-17(4-8-20)15-26(21-9-10-21)23(27)19-5-11-22(12-6-19)28-16-18-2-1-13-25-14-18/h1-8,11-14,21H,9-10,15-16H2. The number of amides is 1. The minimum absolute atomic E-state index is 0.0376. The van der Waals surface area contributed by atoms with Crippen molar-refractivity contribution in [3.05, 3.63) is 95.6 Å². The number of pyridine rings is 1. The minimum Gasteiger partial charge on any atom is -0.331 e. The number of benzene rings is 2. The zero-order valence-electron chi connectivity index (χ0n) is 15.4. The highest BCUT2D eigenvalue weighted by Gasteiger charge is 2.33. The number of nitrogens with zero attached hydrogens (tertiary/aromatic N) is 2. The van der Waals surface area contributed by atoms with E-state index in [2.05, 4.69) is 11.1 Å². The van der Waals surface area contributed by atoms with Gasteiger partial charge in [0.1, 0.15) is 5.82 Å². The Morgan fingerprint density at radius 2 is 1.79 bits per heavy atom. The molecule has 0 radical (unpaired) electrons. The molecule has 1 heterocycles. The molecule has 0 N–H and O–H groups in total. The number of carbonyl (C=O) groups excluding carboxylic acids is 1. The first-order chi connectivity index (χ1) is 13.7. The van der Waals surface area contributed by atoms with E-state index in [-0.39, 0.29) is 17.8 Å². The van der Waals surface area contributed by atoms with Gasteiger partial charge in [-0.25, -0.2) is 4.39 Å². The fourth-order valence-corrected chi connectivity index (χ4v) is 3.88. The van der Waals surface area contributed by atoms with Crippen LogP contribution in [-0.2, 0) is 12.3 Å². The van der Waals surface area contributed by atoms with Gasteiger partial charge in [0.15, 0.2) is 0 Å². The smallest absolute Gasteiger partial charge is 0.254 e. The van der Waals surface area contributed by atoms with E-state index in [1.807, 2.05) is 41.4 Å². The van der Waals surface area contributed by atoms with Crippen LogP contribution in [0.2, 0.25) is 0 Å². The first-order valence-corrected chi connectivity index (χ1v) is 10.3. The zero-order valence-corrected chi connectivity index (χ0v) is 16.2. The second-order valence-electron chi connectivity index (χ2n) is 6.97. The molecule has 2 aromatic carbocycles. The summed E-state index contributed by atoms with van der Waals surface area (Å²) in [6.45, 7) is 0.515. The molecule has 0 unspecified atom stereocenters. The Balaban J connectivity index is 1.41. The van der Waals surface area contributed by atoms with Crippen molar-refractivity contribution >= 4 is 17.7 Å². The summed E-state index contributed by atoms with van der Waals surface area (Å²) in [5.41, 5.74) is 2.82. The molecule has 1 saturated carbocycles. The quantitative estimate of drug-likeness (QED) is 0.510. The molecule has 4 rings (SSSR count). The molecule has 0 bridgehead atoms. The van der Waals surface area contributed by atoms with Gasteiger partial charge in [0.2, 0.25) is 0 Å². The normalized spacial score (nSPS) is 13.3. The average molecular weight is 392 g/mol. The van der Waals surface area contributed by atoms with Gasteiger partial charge in [0.05, 0.1) is 0 Å². The average Bonchev–Trinajstić information content (AvgIpc) is 3.58. The van der Waals surface area contributed by atoms with Crippen molar-refractivity contribution in [3.63, 3.8) is 0 Å². The van der Waals surface area contributed by atoms with Crippen LogP contribution in [0.25, 0.3) is 0 Å². The Hall–Kier alpha value is -2.66. The summed E-state index contributed by atoms with van der Waals surface area (Å²) in [6, 6.07) is 18.4. The molecule has 1 fully saturated rings. The van der Waals surface area contributed by atoms with Gasteiger partial charge in [-0.05, 0) is 66.4 Å². The number of carbonyl (C=O) groups is 1. The van der Waals surface area contributed by atoms with Crippen molar-refractivity contribution in [1.29, 1.82) is 0 Å². The summed E-state index contributed by atoms with van der Waals surface area (Å²) in [5, 5.41) is 0. The predicted octanol–water partition coefficient (Wildman–Crippen LogP) is 5.32. The van der Waals surface area contributed by atoms with E-state index < -0.39 is 0 Å². The van der Waals surface area contributed by atoms with E-state index in [4.69, 9.17) is 0 Å². The van der Waals surface area contributed by atoms with Crippen molar-refractivity contribution in [1.82, 2.24) is 9.88 Å². The van der Waals surface area contributed by atoms with Gasteiger partial charge >= 0.3 is 0 Å². The summed E-state index contributed by atoms with van der Waals surface area (Å²) in [7, 11) is 0. The molecule has 5 heteroatoms. The van der Waals surface area contributed by atoms with E-state index in [0.717, 1.165) is 29.1 Å². The lowest BCUT2D eigenvalue weighted by Gasteiger charge is -2.23. The Labute approximate surface area is 168 Å². The molecular weight excluding hydrogens is 371 g/mol. The molecule has 0 aliphatic heterocycles. The largest absolute Gasteiger partial charge is 0.331 e. The third kappa shape index (κ3) is 4.78. The molecule has 0 atom stereocenters. The van der Waals surface area contributed by atoms with Crippen molar-refractivity contribution in [3.8, 4) is 0 Å². The first-order valence-electron chi connectivity index (χ1n) is 9.36. The van der Waals surface area contributed by atoms with Crippen LogP contribution in [0.3, 0.4) is 0 Å². The van der Waals surface area contributed by atoms with Gasteiger partial charge in [-0.2, -0.15) is 0 Å². The maximum atomic E-state index is 13.1. The molecule has 1 aromatic heterocycles. The lowest BCUT2D eigenvalue weighted by Crippen LogP contribution is -2.32. The van der Waals surface area contributed by atoms with Crippen molar-refractivity contribution in [2.24, 2.45) is 0 Å². The number of hydrogen-bond donors (Lipinski definition) is 0. The highest BCUT2D eigenvalue weighted by atomic mass is 32.2. The van der Waals surface area contributed by atoms with E-state index >= 15 is 0 Å². The molecule has 1 aliphatic rings. The number of thioether (sulfide) groups is 1. The van der Waals surface area contributed by atoms with E-state index in [1.165, 1.54) is 17.7 Å². The lowest BCUT2D eigenvalue weighted by atomic mass is 10.1. The molecule has 1 aliphatic carbocycles.